The molecule has 7 nitrogen and oxygen atoms in total. The van der Waals surface area contributed by atoms with Gasteiger partial charge < -0.3 is 5.32 Å². The molecule has 0 amide bonds. The molecule has 39 heavy (non-hydrogen) atoms. The molecular weight excluding hydrogens is 530 g/mol. The van der Waals surface area contributed by atoms with Crippen molar-refractivity contribution in [2.75, 3.05) is 5.32 Å². The van der Waals surface area contributed by atoms with Crippen LogP contribution in [0.4, 0.5) is 5.82 Å². The van der Waals surface area contributed by atoms with Crippen LogP contribution in [0.15, 0.2) is 84.1 Å². The molecule has 2 aromatic heterocycles. The first-order valence-corrected chi connectivity index (χ1v) is 14.9. The third-order valence-electron chi connectivity index (χ3n) is 7.40. The third kappa shape index (κ3) is 4.73. The summed E-state index contributed by atoms with van der Waals surface area (Å²) in [6.07, 6.45) is 7.18. The van der Waals surface area contributed by atoms with E-state index in [1.165, 1.54) is 0 Å². The Morgan fingerprint density at radius 3 is 2.51 bits per heavy atom. The number of sulfonamides is 1. The Labute approximate surface area is 231 Å². The number of halogens is 1. The van der Waals surface area contributed by atoms with Crippen molar-refractivity contribution in [2.24, 2.45) is 0 Å². The Bertz CT molecular complexity index is 1830. The minimum absolute atomic E-state index is 0.0532. The van der Waals surface area contributed by atoms with Gasteiger partial charge in [-0.2, -0.15) is 4.31 Å². The lowest BCUT2D eigenvalue weighted by molar-refractivity contribution is 0.399. The normalized spacial score (nSPS) is 15.7. The smallest absolute Gasteiger partial charge is 0.245 e. The van der Waals surface area contributed by atoms with Gasteiger partial charge in [-0.1, -0.05) is 41.9 Å². The predicted octanol–water partition coefficient (Wildman–Crippen LogP) is 6.43. The van der Waals surface area contributed by atoms with Crippen LogP contribution < -0.4 is 5.32 Å². The highest BCUT2D eigenvalue weighted by molar-refractivity contribution is 7.89. The molecule has 0 saturated heterocycles. The molecule has 0 aliphatic heterocycles. The van der Waals surface area contributed by atoms with Crippen LogP contribution in [0.3, 0.4) is 0 Å². The monoisotopic (exact) mass is 555 g/mol. The highest BCUT2D eigenvalue weighted by atomic mass is 35.5. The van der Waals surface area contributed by atoms with Gasteiger partial charge in [-0.25, -0.2) is 18.4 Å². The van der Waals surface area contributed by atoms with Crippen molar-refractivity contribution in [3.05, 3.63) is 89.8 Å². The molecule has 1 N–H and O–H groups in total. The van der Waals surface area contributed by atoms with Crippen molar-refractivity contribution in [1.82, 2.24) is 19.3 Å². The minimum Gasteiger partial charge on any atom is -0.367 e. The summed E-state index contributed by atoms with van der Waals surface area (Å²) >= 11 is 6.66. The summed E-state index contributed by atoms with van der Waals surface area (Å²) in [5.41, 5.74) is 4.07. The zero-order valence-electron chi connectivity index (χ0n) is 21.1. The number of para-hydroxylation sites is 1. The highest BCUT2D eigenvalue weighted by Crippen LogP contribution is 2.37. The van der Waals surface area contributed by atoms with Crippen LogP contribution in [0.1, 0.15) is 31.2 Å². The van der Waals surface area contributed by atoms with Crippen LogP contribution in [0.25, 0.3) is 32.9 Å². The third-order valence-corrected chi connectivity index (χ3v) is 9.69. The van der Waals surface area contributed by atoms with Crippen molar-refractivity contribution >= 4 is 49.2 Å². The summed E-state index contributed by atoms with van der Waals surface area (Å²) in [4.78, 5) is 13.5. The first-order valence-electron chi connectivity index (χ1n) is 13.1. The quantitative estimate of drug-likeness (QED) is 0.237. The molecule has 2 aliphatic rings. The van der Waals surface area contributed by atoms with Gasteiger partial charge in [0.05, 0.1) is 11.0 Å². The summed E-state index contributed by atoms with van der Waals surface area (Å²) < 4.78 is 29.6. The van der Waals surface area contributed by atoms with E-state index >= 15 is 0 Å². The van der Waals surface area contributed by atoms with E-state index < -0.39 is 10.0 Å². The van der Waals surface area contributed by atoms with Gasteiger partial charge >= 0.3 is 0 Å². The van der Waals surface area contributed by atoms with E-state index in [0.29, 0.717) is 16.6 Å². The summed E-state index contributed by atoms with van der Waals surface area (Å²) in [6.45, 7) is 0.189. The minimum atomic E-state index is -3.81. The lowest BCUT2D eigenvalue weighted by Gasteiger charge is -2.23. The summed E-state index contributed by atoms with van der Waals surface area (Å²) in [7, 11) is -3.81. The first-order chi connectivity index (χ1) is 19.0. The van der Waals surface area contributed by atoms with E-state index in [2.05, 4.69) is 26.3 Å². The van der Waals surface area contributed by atoms with Gasteiger partial charge in [-0.05, 0) is 78.8 Å². The zero-order valence-corrected chi connectivity index (χ0v) is 22.7. The fourth-order valence-corrected chi connectivity index (χ4v) is 7.01. The average molecular weight is 556 g/mol. The Morgan fingerprint density at radius 1 is 0.897 bits per heavy atom. The van der Waals surface area contributed by atoms with Crippen LogP contribution in [-0.4, -0.2) is 39.8 Å². The number of rotatable bonds is 8. The van der Waals surface area contributed by atoms with E-state index in [-0.39, 0.29) is 17.5 Å². The van der Waals surface area contributed by atoms with E-state index in [4.69, 9.17) is 11.6 Å². The number of benzene rings is 3. The summed E-state index contributed by atoms with van der Waals surface area (Å²) in [5.74, 6) is 0.841. The fraction of sp³-hybridized carbons (Fsp3) is 0.233. The first kappa shape index (κ1) is 24.5. The molecule has 0 spiro atoms. The van der Waals surface area contributed by atoms with Gasteiger partial charge in [0, 0.05) is 40.6 Å². The van der Waals surface area contributed by atoms with Gasteiger partial charge in [0.2, 0.25) is 10.0 Å². The molecule has 9 heteroatoms. The SMILES string of the molecule is O=S(=O)(c1cccc2cccnc12)N(Cc1cc(-c2ccc3ncnc(NC4CC4)c3c2)ccc1Cl)C1CC1. The molecule has 2 aliphatic carbocycles. The average Bonchev–Trinajstić information content (AvgIpc) is 3.88. The second kappa shape index (κ2) is 9.55. The molecule has 7 rings (SSSR count). The number of hydrogen-bond acceptors (Lipinski definition) is 6. The van der Waals surface area contributed by atoms with Crippen LogP contribution in [0, 0.1) is 0 Å². The van der Waals surface area contributed by atoms with E-state index in [0.717, 1.165) is 64.5 Å². The second-order valence-electron chi connectivity index (χ2n) is 10.3. The lowest BCUT2D eigenvalue weighted by Crippen LogP contribution is -2.33. The lowest BCUT2D eigenvalue weighted by atomic mass is 10.0. The molecule has 5 aromatic rings. The molecule has 2 heterocycles. The molecule has 0 bridgehead atoms. The van der Waals surface area contributed by atoms with Crippen molar-refractivity contribution in [3.63, 3.8) is 0 Å². The van der Waals surface area contributed by atoms with E-state index in [9.17, 15) is 8.42 Å². The van der Waals surface area contributed by atoms with E-state index in [1.54, 1.807) is 29.0 Å². The molecule has 0 atom stereocenters. The second-order valence-corrected chi connectivity index (χ2v) is 12.6. The van der Waals surface area contributed by atoms with Crippen molar-refractivity contribution in [2.45, 2.75) is 49.2 Å². The topological polar surface area (TPSA) is 88.1 Å². The number of nitrogens with zero attached hydrogens (tertiary/aromatic N) is 4. The zero-order chi connectivity index (χ0) is 26.6. The van der Waals surface area contributed by atoms with Crippen molar-refractivity contribution < 1.29 is 8.42 Å². The van der Waals surface area contributed by atoms with Gasteiger partial charge in [0.25, 0.3) is 0 Å². The molecule has 196 valence electrons. The molecule has 3 aromatic carbocycles. The fourth-order valence-electron chi connectivity index (χ4n) is 5.00. The summed E-state index contributed by atoms with van der Waals surface area (Å²) in [5, 5.41) is 5.79. The van der Waals surface area contributed by atoms with Gasteiger partial charge in [0.1, 0.15) is 17.0 Å². The predicted molar refractivity (Wildman–Crippen MR) is 154 cm³/mol. The molecule has 2 saturated carbocycles. The number of hydrogen-bond donors (Lipinski definition) is 1. The van der Waals surface area contributed by atoms with Crippen molar-refractivity contribution in [1.29, 1.82) is 0 Å². The molecule has 2 fully saturated rings. The van der Waals surface area contributed by atoms with Gasteiger partial charge in [0.15, 0.2) is 0 Å². The maximum atomic E-state index is 14.0. The van der Waals surface area contributed by atoms with Crippen molar-refractivity contribution in [3.8, 4) is 11.1 Å². The maximum Gasteiger partial charge on any atom is 0.245 e. The standard InChI is InChI=1S/C30H26ClN5O2S/c31-26-12-6-20(21-7-13-27-25(16-21)30(34-18-33-27)35-23-8-9-23)15-22(26)17-36(24-10-11-24)39(37,38)28-5-1-3-19-4-2-14-32-29(19)28/h1-7,12-16,18,23-24H,8-11,17H2,(H,33,34,35). The number of fused-ring (bicyclic) bond motifs is 2. The van der Waals surface area contributed by atoms with Gasteiger partial charge in [-0.3, -0.25) is 4.98 Å². The highest BCUT2D eigenvalue weighted by Gasteiger charge is 2.39. The van der Waals surface area contributed by atoms with E-state index in [1.807, 2.05) is 48.5 Å². The van der Waals surface area contributed by atoms with Crippen LogP contribution >= 0.6 is 11.6 Å². The van der Waals surface area contributed by atoms with Crippen LogP contribution in [-0.2, 0) is 16.6 Å². The van der Waals surface area contributed by atoms with Crippen LogP contribution in [0.5, 0.6) is 0 Å². The number of aromatic nitrogens is 3. The Hall–Kier alpha value is -3.59. The number of anilines is 1. The molecule has 0 unspecified atom stereocenters. The number of nitrogens with one attached hydrogen (secondary N) is 1. The largest absolute Gasteiger partial charge is 0.367 e. The summed E-state index contributed by atoms with van der Waals surface area (Å²) in [6, 6.07) is 21.3. The number of pyridine rings is 1. The Balaban J connectivity index is 1.25. The molecular formula is C30H26ClN5O2S. The van der Waals surface area contributed by atoms with Crippen LogP contribution in [0.2, 0.25) is 5.02 Å². The van der Waals surface area contributed by atoms with Gasteiger partial charge in [-0.15, -0.1) is 0 Å². The Kier molecular flexibility index (Phi) is 5.99. The maximum absolute atomic E-state index is 14.0. The molecule has 0 radical (unpaired) electrons. The Morgan fingerprint density at radius 2 is 1.69 bits per heavy atom.